The van der Waals surface area contributed by atoms with Crippen LogP contribution in [-0.4, -0.2) is 11.0 Å². The third-order valence-electron chi connectivity index (χ3n) is 4.98. The largest absolute Gasteiger partial charge is 0.343 e. The predicted octanol–water partition coefficient (Wildman–Crippen LogP) is 2.48. The maximum atomic E-state index is 12.9. The Balaban J connectivity index is 1.61. The number of nitrogens with one attached hydrogen (secondary N) is 1. The average Bonchev–Trinajstić information content (AvgIpc) is 3.44. The van der Waals surface area contributed by atoms with Crippen LogP contribution in [0.25, 0.3) is 11.1 Å². The van der Waals surface area contributed by atoms with Gasteiger partial charge in [0.2, 0.25) is 6.20 Å². The Labute approximate surface area is 152 Å². The van der Waals surface area contributed by atoms with Gasteiger partial charge in [-0.2, -0.15) is 5.84 Å². The van der Waals surface area contributed by atoms with E-state index in [1.807, 2.05) is 49.4 Å². The van der Waals surface area contributed by atoms with Crippen molar-refractivity contribution in [1.82, 2.24) is 10.4 Å². The summed E-state index contributed by atoms with van der Waals surface area (Å²) in [5.41, 5.74) is 4.60. The first-order chi connectivity index (χ1) is 12.6. The van der Waals surface area contributed by atoms with Crippen molar-refractivity contribution in [3.8, 4) is 11.1 Å². The highest BCUT2D eigenvalue weighted by atomic mass is 16.1. The molecule has 0 atom stereocenters. The summed E-state index contributed by atoms with van der Waals surface area (Å²) in [5.74, 6) is 5.54. The van der Waals surface area contributed by atoms with Crippen molar-refractivity contribution < 1.29 is 9.59 Å². The fraction of sp³-hybridized carbons (Fsp3) is 0.190. The molecule has 0 spiro atoms. The number of hydrogen-bond acceptors (Lipinski definition) is 3. The molecule has 4 rings (SSSR count). The first-order valence-corrected chi connectivity index (χ1v) is 8.70. The number of nitrogens with two attached hydrogens (primary N) is 1. The van der Waals surface area contributed by atoms with Crippen LogP contribution in [0, 0.1) is 6.92 Å². The van der Waals surface area contributed by atoms with E-state index in [1.54, 1.807) is 12.4 Å². The number of nitrogen functional groups attached to an aromatic ring is 1. The zero-order valence-electron chi connectivity index (χ0n) is 14.6. The van der Waals surface area contributed by atoms with Crippen molar-refractivity contribution in [3.63, 3.8) is 0 Å². The topological polar surface area (TPSA) is 71.9 Å². The van der Waals surface area contributed by atoms with Gasteiger partial charge in [0.15, 0.2) is 0 Å². The molecule has 0 aliphatic heterocycles. The van der Waals surface area contributed by atoms with Crippen molar-refractivity contribution in [1.29, 1.82) is 0 Å². The monoisotopic (exact) mass is 345 g/mol. The van der Waals surface area contributed by atoms with E-state index in [9.17, 15) is 4.79 Å². The van der Waals surface area contributed by atoms with Crippen LogP contribution in [0.4, 0.5) is 0 Å². The highest BCUT2D eigenvalue weighted by Gasteiger charge is 2.45. The first-order valence-electron chi connectivity index (χ1n) is 8.70. The van der Waals surface area contributed by atoms with Gasteiger partial charge in [0.05, 0.1) is 5.54 Å². The summed E-state index contributed by atoms with van der Waals surface area (Å²) in [4.78, 5) is 14.1. The molecule has 0 saturated heterocycles. The molecule has 1 aliphatic rings. The molecule has 1 fully saturated rings. The molecule has 5 nitrogen and oxygen atoms in total. The van der Waals surface area contributed by atoms with Gasteiger partial charge in [0.25, 0.3) is 5.91 Å². The van der Waals surface area contributed by atoms with Crippen molar-refractivity contribution in [3.05, 3.63) is 83.7 Å². The summed E-state index contributed by atoms with van der Waals surface area (Å²) in [6.45, 7) is 2.02. The van der Waals surface area contributed by atoms with Crippen molar-refractivity contribution >= 4 is 5.91 Å². The third-order valence-corrected chi connectivity index (χ3v) is 4.98. The van der Waals surface area contributed by atoms with Crippen molar-refractivity contribution in [2.45, 2.75) is 25.3 Å². The van der Waals surface area contributed by atoms with Crippen LogP contribution < -0.4 is 16.0 Å². The van der Waals surface area contributed by atoms with Crippen molar-refractivity contribution in [2.24, 2.45) is 0 Å². The van der Waals surface area contributed by atoms with Crippen LogP contribution in [0.1, 0.15) is 34.3 Å². The highest BCUT2D eigenvalue weighted by molar-refractivity contribution is 5.96. The molecule has 130 valence electrons. The van der Waals surface area contributed by atoms with Crippen LogP contribution in [0.2, 0.25) is 0 Å². The Morgan fingerprint density at radius 2 is 1.92 bits per heavy atom. The lowest BCUT2D eigenvalue weighted by atomic mass is 9.98. The van der Waals surface area contributed by atoms with Gasteiger partial charge in [-0.25, -0.2) is 0 Å². The minimum absolute atomic E-state index is 0.0506. The number of rotatable bonds is 4. The lowest BCUT2D eigenvalue weighted by Gasteiger charge is -2.18. The summed E-state index contributed by atoms with van der Waals surface area (Å²) < 4.78 is 0. The molecule has 3 aromatic rings. The summed E-state index contributed by atoms with van der Waals surface area (Å²) in [6.07, 6.45) is 5.34. The first kappa shape index (κ1) is 16.3. The number of aryl methyl sites for hydroxylation is 1. The van der Waals surface area contributed by atoms with Gasteiger partial charge in [0, 0.05) is 27.1 Å². The molecule has 1 amide bonds. The van der Waals surface area contributed by atoms with Gasteiger partial charge in [-0.15, -0.1) is 0 Å². The summed E-state index contributed by atoms with van der Waals surface area (Å²) in [7, 11) is 0. The van der Waals surface area contributed by atoms with Crippen LogP contribution in [0.3, 0.4) is 0 Å². The number of aromatic nitrogens is 2. The van der Waals surface area contributed by atoms with Crippen LogP contribution in [-0.2, 0) is 5.54 Å². The molecule has 1 aliphatic carbocycles. The Morgan fingerprint density at radius 1 is 1.15 bits per heavy atom. The quantitative estimate of drug-likeness (QED) is 0.564. The normalized spacial score (nSPS) is 14.7. The Kier molecular flexibility index (Phi) is 3.92. The van der Waals surface area contributed by atoms with Gasteiger partial charge in [0.1, 0.15) is 6.20 Å². The summed E-state index contributed by atoms with van der Waals surface area (Å²) >= 11 is 0. The molecule has 0 unspecified atom stereocenters. The Hall–Kier alpha value is -3.21. The Morgan fingerprint density at radius 3 is 2.58 bits per heavy atom. The van der Waals surface area contributed by atoms with Gasteiger partial charge in [-0.05, 0) is 48.6 Å². The van der Waals surface area contributed by atoms with E-state index in [0.717, 1.165) is 29.5 Å². The number of hydrogen-bond donors (Lipinski definition) is 2. The van der Waals surface area contributed by atoms with E-state index in [2.05, 4.69) is 22.5 Å². The molecule has 1 saturated carbocycles. The average molecular weight is 345 g/mol. The third kappa shape index (κ3) is 3.04. The number of carbonyl (C=O) groups excluding carboxylic acids is 1. The standard InChI is InChI=1S/C21H20N4O/c1-15-7-8-16(13-19(15)17-9-12-25(22)23-14-17)20(26)24-21(10-11-21)18-5-3-2-4-6-18/h2-9,12-14H,10-11H2,1H3,(H2-,22,23,24,26)/p+1. The van der Waals surface area contributed by atoms with Crippen LogP contribution >= 0.6 is 0 Å². The van der Waals surface area contributed by atoms with E-state index in [1.165, 1.54) is 10.4 Å². The second-order valence-corrected chi connectivity index (χ2v) is 6.83. The van der Waals surface area contributed by atoms with E-state index in [-0.39, 0.29) is 11.4 Å². The number of nitrogens with zero attached hydrogens (tertiary/aromatic N) is 2. The van der Waals surface area contributed by atoms with Gasteiger partial charge >= 0.3 is 0 Å². The van der Waals surface area contributed by atoms with E-state index in [0.29, 0.717) is 5.56 Å². The summed E-state index contributed by atoms with van der Waals surface area (Å²) in [5, 5.41) is 7.30. The fourth-order valence-electron chi connectivity index (χ4n) is 3.26. The molecule has 26 heavy (non-hydrogen) atoms. The molecule has 5 heteroatoms. The number of benzene rings is 2. The minimum atomic E-state index is -0.219. The zero-order chi connectivity index (χ0) is 18.1. The van der Waals surface area contributed by atoms with E-state index < -0.39 is 0 Å². The number of amides is 1. The lowest BCUT2D eigenvalue weighted by molar-refractivity contribution is -0.700. The van der Waals surface area contributed by atoms with Crippen molar-refractivity contribution in [2.75, 3.05) is 5.84 Å². The SMILES string of the molecule is Cc1ccc(C(=O)NC2(c3ccccc3)CC2)cc1-c1cc[n+](N)nc1. The second kappa shape index (κ2) is 6.26. The molecule has 0 radical (unpaired) electrons. The van der Waals surface area contributed by atoms with Gasteiger partial charge < -0.3 is 5.32 Å². The fourth-order valence-corrected chi connectivity index (χ4v) is 3.26. The predicted molar refractivity (Wildman–Crippen MR) is 99.6 cm³/mol. The zero-order valence-corrected chi connectivity index (χ0v) is 14.6. The molecule has 2 aromatic carbocycles. The maximum Gasteiger partial charge on any atom is 0.251 e. The minimum Gasteiger partial charge on any atom is -0.343 e. The number of carbonyl (C=O) groups is 1. The van der Waals surface area contributed by atoms with Crippen LogP contribution in [0.15, 0.2) is 67.0 Å². The second-order valence-electron chi connectivity index (χ2n) is 6.83. The van der Waals surface area contributed by atoms with E-state index >= 15 is 0 Å². The molecular formula is C21H21N4O+. The molecular weight excluding hydrogens is 324 g/mol. The molecule has 0 bridgehead atoms. The van der Waals surface area contributed by atoms with Gasteiger partial charge in [-0.3, -0.25) is 4.79 Å². The smallest absolute Gasteiger partial charge is 0.251 e. The maximum absolute atomic E-state index is 12.9. The van der Waals surface area contributed by atoms with Gasteiger partial charge in [-0.1, -0.05) is 36.4 Å². The molecule has 1 aromatic heterocycles. The lowest BCUT2D eigenvalue weighted by Crippen LogP contribution is -2.47. The van der Waals surface area contributed by atoms with Crippen LogP contribution in [0.5, 0.6) is 0 Å². The molecule has 1 heterocycles. The molecule has 3 N–H and O–H groups in total. The van der Waals surface area contributed by atoms with E-state index in [4.69, 9.17) is 5.84 Å². The summed E-state index contributed by atoms with van der Waals surface area (Å²) in [6, 6.07) is 17.8. The Bertz CT molecular complexity index is 948. The highest BCUT2D eigenvalue weighted by Crippen LogP contribution is 2.45.